The van der Waals surface area contributed by atoms with Gasteiger partial charge in [0, 0.05) is 19.7 Å². The highest BCUT2D eigenvalue weighted by atomic mass is 16.5. The van der Waals surface area contributed by atoms with Crippen molar-refractivity contribution in [2.45, 2.75) is 18.9 Å². The van der Waals surface area contributed by atoms with Gasteiger partial charge in [0.05, 0.1) is 6.61 Å². The number of rotatable bonds is 4. The molecule has 0 spiro atoms. The van der Waals surface area contributed by atoms with Gasteiger partial charge in [0.15, 0.2) is 0 Å². The van der Waals surface area contributed by atoms with Gasteiger partial charge in [-0.1, -0.05) is 0 Å². The fourth-order valence-electron chi connectivity index (χ4n) is 1.13. The van der Waals surface area contributed by atoms with Crippen LogP contribution in [0.15, 0.2) is 5.10 Å². The minimum Gasteiger partial charge on any atom is -0.383 e. The Balaban J connectivity index is 2.37. The lowest BCUT2D eigenvalue weighted by molar-refractivity contribution is 0.173. The van der Waals surface area contributed by atoms with Crippen molar-refractivity contribution in [3.8, 4) is 0 Å². The molecule has 1 saturated carbocycles. The number of hydrogen-bond acceptors (Lipinski definition) is 3. The van der Waals surface area contributed by atoms with Crippen molar-refractivity contribution in [3.05, 3.63) is 0 Å². The molecule has 0 aromatic rings. The number of methoxy groups -OCH3 is 1. The Hall–Kier alpha value is -0.970. The molecule has 0 unspecified atom stereocenters. The number of guanidine groups is 1. The van der Waals surface area contributed by atoms with Gasteiger partial charge in [-0.2, -0.15) is 0 Å². The summed E-state index contributed by atoms with van der Waals surface area (Å²) in [6.07, 6.45) is 2.36. The summed E-state index contributed by atoms with van der Waals surface area (Å²) in [4.78, 5) is 1.99. The zero-order valence-corrected chi connectivity index (χ0v) is 7.36. The van der Waals surface area contributed by atoms with Gasteiger partial charge in [0.2, 0.25) is 5.96 Å². The van der Waals surface area contributed by atoms with Crippen molar-refractivity contribution >= 4 is 5.96 Å². The summed E-state index contributed by atoms with van der Waals surface area (Å²) >= 11 is 0. The van der Waals surface area contributed by atoms with Crippen LogP contribution >= 0.6 is 0 Å². The van der Waals surface area contributed by atoms with E-state index in [9.17, 15) is 0 Å². The number of nitrogens with zero attached hydrogens (tertiary/aromatic N) is 2. The third-order valence-corrected chi connectivity index (χ3v) is 1.95. The maximum Gasteiger partial charge on any atom is 0.213 e. The highest BCUT2D eigenvalue weighted by molar-refractivity contribution is 5.78. The topological polar surface area (TPSA) is 76.9 Å². The first-order chi connectivity index (χ1) is 5.79. The van der Waals surface area contributed by atoms with Gasteiger partial charge >= 0.3 is 0 Å². The van der Waals surface area contributed by atoms with Crippen molar-refractivity contribution in [2.75, 3.05) is 20.3 Å². The van der Waals surface area contributed by atoms with Gasteiger partial charge in [-0.05, 0) is 12.8 Å². The molecule has 0 radical (unpaired) electrons. The van der Waals surface area contributed by atoms with E-state index in [1.165, 1.54) is 12.8 Å². The Morgan fingerprint density at radius 1 is 1.67 bits per heavy atom. The molecule has 0 saturated heterocycles. The van der Waals surface area contributed by atoms with Crippen LogP contribution in [0.5, 0.6) is 0 Å². The molecule has 12 heavy (non-hydrogen) atoms. The number of ether oxygens (including phenoxy) is 1. The smallest absolute Gasteiger partial charge is 0.213 e. The second-order valence-corrected chi connectivity index (χ2v) is 2.90. The first-order valence-electron chi connectivity index (χ1n) is 4.08. The zero-order valence-electron chi connectivity index (χ0n) is 7.36. The summed E-state index contributed by atoms with van der Waals surface area (Å²) in [5.41, 5.74) is 5.59. The molecule has 0 amide bonds. The van der Waals surface area contributed by atoms with E-state index in [1.54, 1.807) is 7.11 Å². The number of nitrogens with two attached hydrogens (primary N) is 2. The molecule has 5 nitrogen and oxygen atoms in total. The minimum absolute atomic E-state index is 0.412. The number of hydrogen-bond donors (Lipinski definition) is 2. The Labute approximate surface area is 72.3 Å². The second-order valence-electron chi connectivity index (χ2n) is 2.90. The lowest BCUT2D eigenvalue weighted by Gasteiger charge is -2.21. The van der Waals surface area contributed by atoms with E-state index in [1.807, 2.05) is 4.90 Å². The minimum atomic E-state index is 0.412. The van der Waals surface area contributed by atoms with E-state index in [-0.39, 0.29) is 0 Å². The average Bonchev–Trinajstić information content (AvgIpc) is 2.88. The standard InChI is InChI=1S/C7H16N4O/c1-12-5-4-11(6-2-3-6)7(8)10-9/h6H,2-5,9H2,1H3,(H2,8,10). The average molecular weight is 172 g/mol. The van der Waals surface area contributed by atoms with Crippen LogP contribution in [0.25, 0.3) is 0 Å². The summed E-state index contributed by atoms with van der Waals surface area (Å²) in [5, 5.41) is 3.47. The van der Waals surface area contributed by atoms with Crippen LogP contribution in [-0.4, -0.2) is 37.2 Å². The third kappa shape index (κ3) is 2.27. The van der Waals surface area contributed by atoms with Crippen LogP contribution in [0.3, 0.4) is 0 Å². The van der Waals surface area contributed by atoms with Crippen molar-refractivity contribution in [1.82, 2.24) is 4.90 Å². The molecule has 1 aliphatic carbocycles. The maximum atomic E-state index is 5.59. The van der Waals surface area contributed by atoms with Gasteiger partial charge in [0.1, 0.15) is 0 Å². The fourth-order valence-corrected chi connectivity index (χ4v) is 1.13. The molecule has 0 atom stereocenters. The first-order valence-corrected chi connectivity index (χ1v) is 4.08. The predicted molar refractivity (Wildman–Crippen MR) is 47.4 cm³/mol. The van der Waals surface area contributed by atoms with Crippen LogP contribution in [-0.2, 0) is 4.74 Å². The largest absolute Gasteiger partial charge is 0.383 e. The predicted octanol–water partition coefficient (Wildman–Crippen LogP) is -0.714. The number of hydrazone groups is 1. The molecule has 0 aromatic heterocycles. The van der Waals surface area contributed by atoms with Crippen molar-refractivity contribution in [3.63, 3.8) is 0 Å². The van der Waals surface area contributed by atoms with Crippen LogP contribution in [0.2, 0.25) is 0 Å². The SMILES string of the molecule is COCCN(C(N)=NN)C1CC1. The molecular weight excluding hydrogens is 156 g/mol. The van der Waals surface area contributed by atoms with E-state index < -0.39 is 0 Å². The molecule has 1 rings (SSSR count). The van der Waals surface area contributed by atoms with Crippen molar-refractivity contribution in [2.24, 2.45) is 16.7 Å². The van der Waals surface area contributed by atoms with Crippen LogP contribution in [0.4, 0.5) is 0 Å². The van der Waals surface area contributed by atoms with Crippen molar-refractivity contribution < 1.29 is 4.74 Å². The second kappa shape index (κ2) is 4.15. The lowest BCUT2D eigenvalue weighted by atomic mass is 10.5. The van der Waals surface area contributed by atoms with Gasteiger partial charge < -0.3 is 21.2 Å². The summed E-state index contributed by atoms with van der Waals surface area (Å²) in [6, 6.07) is 0.535. The van der Waals surface area contributed by atoms with E-state index >= 15 is 0 Å². The molecule has 1 aliphatic rings. The normalized spacial score (nSPS) is 17.9. The molecule has 4 N–H and O–H groups in total. The summed E-state index contributed by atoms with van der Waals surface area (Å²) in [6.45, 7) is 1.43. The van der Waals surface area contributed by atoms with Crippen LogP contribution < -0.4 is 11.6 Å². The zero-order chi connectivity index (χ0) is 8.97. The molecule has 1 fully saturated rings. The Morgan fingerprint density at radius 2 is 2.33 bits per heavy atom. The van der Waals surface area contributed by atoms with E-state index in [4.69, 9.17) is 16.3 Å². The molecule has 70 valence electrons. The molecule has 0 aromatic carbocycles. The fraction of sp³-hybridized carbons (Fsp3) is 0.857. The van der Waals surface area contributed by atoms with Gasteiger partial charge in [-0.25, -0.2) is 0 Å². The van der Waals surface area contributed by atoms with Gasteiger partial charge in [-0.15, -0.1) is 5.10 Å². The molecular formula is C7H16N4O. The monoisotopic (exact) mass is 172 g/mol. The lowest BCUT2D eigenvalue weighted by Crippen LogP contribution is -2.41. The Morgan fingerprint density at radius 3 is 2.75 bits per heavy atom. The van der Waals surface area contributed by atoms with Gasteiger partial charge in [-0.3, -0.25) is 0 Å². The summed E-state index contributed by atoms with van der Waals surface area (Å²) < 4.78 is 4.95. The Bertz CT molecular complexity index is 167. The van der Waals surface area contributed by atoms with Crippen LogP contribution in [0.1, 0.15) is 12.8 Å². The summed E-state index contributed by atoms with van der Waals surface area (Å²) in [5.74, 6) is 5.50. The Kier molecular flexibility index (Phi) is 3.16. The van der Waals surface area contributed by atoms with E-state index in [0.29, 0.717) is 18.6 Å². The highest BCUT2D eigenvalue weighted by Crippen LogP contribution is 2.25. The van der Waals surface area contributed by atoms with Crippen LogP contribution in [0, 0.1) is 0 Å². The molecule has 0 heterocycles. The quantitative estimate of drug-likeness (QED) is 0.254. The molecule has 0 bridgehead atoms. The van der Waals surface area contributed by atoms with Crippen molar-refractivity contribution in [1.29, 1.82) is 0 Å². The van der Waals surface area contributed by atoms with E-state index in [2.05, 4.69) is 5.10 Å². The highest BCUT2D eigenvalue weighted by Gasteiger charge is 2.29. The maximum absolute atomic E-state index is 5.59. The summed E-state index contributed by atoms with van der Waals surface area (Å²) in [7, 11) is 1.67. The third-order valence-electron chi connectivity index (χ3n) is 1.95. The molecule has 5 heteroatoms. The molecule has 0 aliphatic heterocycles. The van der Waals surface area contributed by atoms with E-state index in [0.717, 1.165) is 6.54 Å². The first kappa shape index (κ1) is 9.12. The van der Waals surface area contributed by atoms with Gasteiger partial charge in [0.25, 0.3) is 0 Å².